The number of piperidine rings is 1. The summed E-state index contributed by atoms with van der Waals surface area (Å²) in [5.41, 5.74) is 3.05. The number of hydrogen-bond acceptors (Lipinski definition) is 5. The van der Waals surface area contributed by atoms with Crippen LogP contribution in [-0.2, 0) is 10.0 Å². The molecular formula is C27H34N6O4S. The van der Waals surface area contributed by atoms with Crippen molar-refractivity contribution in [2.45, 2.75) is 49.3 Å². The molecular weight excluding hydrogens is 504 g/mol. The lowest BCUT2D eigenvalue weighted by molar-refractivity contribution is 0.0763. The lowest BCUT2D eigenvalue weighted by atomic mass is 9.90. The van der Waals surface area contributed by atoms with Gasteiger partial charge in [0.05, 0.1) is 22.2 Å². The lowest BCUT2D eigenvalue weighted by Gasteiger charge is -2.31. The molecule has 2 saturated heterocycles. The number of urea groups is 1. The Morgan fingerprint density at radius 2 is 1.63 bits per heavy atom. The van der Waals surface area contributed by atoms with Gasteiger partial charge in [0.15, 0.2) is 0 Å². The van der Waals surface area contributed by atoms with Crippen LogP contribution in [0, 0.1) is 0 Å². The van der Waals surface area contributed by atoms with E-state index in [-0.39, 0.29) is 22.8 Å². The molecule has 38 heavy (non-hydrogen) atoms. The zero-order chi connectivity index (χ0) is 26.7. The highest BCUT2D eigenvalue weighted by Gasteiger charge is 2.30. The number of sulfonamides is 1. The molecule has 1 aromatic carbocycles. The van der Waals surface area contributed by atoms with Crippen LogP contribution >= 0.6 is 0 Å². The molecule has 5 rings (SSSR count). The van der Waals surface area contributed by atoms with Gasteiger partial charge in [-0.15, -0.1) is 0 Å². The summed E-state index contributed by atoms with van der Waals surface area (Å²) in [7, 11) is -2.12. The lowest BCUT2D eigenvalue weighted by Crippen LogP contribution is -2.37. The fourth-order valence-corrected chi connectivity index (χ4v) is 6.81. The highest BCUT2D eigenvalue weighted by Crippen LogP contribution is 2.32. The number of likely N-dealkylation sites (tertiary alicyclic amines) is 1. The second-order valence-electron chi connectivity index (χ2n) is 9.96. The molecule has 2 aliphatic heterocycles. The number of nitrogens with zero attached hydrogens (tertiary/aromatic N) is 4. The Morgan fingerprint density at radius 3 is 2.29 bits per heavy atom. The van der Waals surface area contributed by atoms with Gasteiger partial charge in [-0.05, 0) is 73.6 Å². The summed E-state index contributed by atoms with van der Waals surface area (Å²) < 4.78 is 29.7. The first-order chi connectivity index (χ1) is 18.4. The Morgan fingerprint density at radius 1 is 0.947 bits per heavy atom. The van der Waals surface area contributed by atoms with Gasteiger partial charge in [0.25, 0.3) is 5.91 Å². The molecule has 2 aromatic heterocycles. The minimum Gasteiger partial charge on any atom is -0.341 e. The number of nitrogens with one attached hydrogen (secondary N) is 2. The SMILES string of the molecule is CNC(=O)Nc1ccc(S(=O)(=O)N2CCC(c3ccn4ncc(C(=O)N5CCCCCC5)c4c3)CC2)cc1. The fourth-order valence-electron chi connectivity index (χ4n) is 5.34. The van der Waals surface area contributed by atoms with E-state index in [9.17, 15) is 18.0 Å². The van der Waals surface area contributed by atoms with Crippen molar-refractivity contribution in [3.05, 3.63) is 59.9 Å². The summed E-state index contributed by atoms with van der Waals surface area (Å²) in [5, 5.41) is 9.49. The predicted octanol–water partition coefficient (Wildman–Crippen LogP) is 3.67. The van der Waals surface area contributed by atoms with E-state index in [0.717, 1.165) is 49.9 Å². The minimum absolute atomic E-state index is 0.0384. The van der Waals surface area contributed by atoms with Gasteiger partial charge in [-0.1, -0.05) is 12.8 Å². The Bertz CT molecular complexity index is 1400. The number of fused-ring (bicyclic) bond motifs is 1. The van der Waals surface area contributed by atoms with E-state index in [1.807, 2.05) is 23.2 Å². The maximum absolute atomic E-state index is 13.3. The van der Waals surface area contributed by atoms with Crippen molar-refractivity contribution >= 4 is 33.2 Å². The average Bonchev–Trinajstić information content (AvgIpc) is 3.17. The molecule has 202 valence electrons. The van der Waals surface area contributed by atoms with E-state index in [1.54, 1.807) is 22.8 Å². The van der Waals surface area contributed by atoms with Crippen molar-refractivity contribution in [1.82, 2.24) is 24.1 Å². The van der Waals surface area contributed by atoms with E-state index in [4.69, 9.17) is 0 Å². The highest BCUT2D eigenvalue weighted by atomic mass is 32.2. The second-order valence-corrected chi connectivity index (χ2v) is 11.9. The quantitative estimate of drug-likeness (QED) is 0.514. The first kappa shape index (κ1) is 26.2. The maximum atomic E-state index is 13.3. The minimum atomic E-state index is -3.64. The number of hydrogen-bond donors (Lipinski definition) is 2. The van der Waals surface area contributed by atoms with Crippen LogP contribution in [-0.4, -0.2) is 72.4 Å². The number of aromatic nitrogens is 2. The van der Waals surface area contributed by atoms with Crippen LogP contribution in [0.1, 0.15) is 60.4 Å². The van der Waals surface area contributed by atoms with E-state index in [1.165, 1.54) is 23.5 Å². The molecule has 0 aliphatic carbocycles. The number of anilines is 1. The zero-order valence-electron chi connectivity index (χ0n) is 21.6. The van der Waals surface area contributed by atoms with E-state index in [0.29, 0.717) is 37.2 Å². The monoisotopic (exact) mass is 538 g/mol. The molecule has 2 N–H and O–H groups in total. The van der Waals surface area contributed by atoms with Gasteiger partial charge in [0.2, 0.25) is 10.0 Å². The number of pyridine rings is 1. The summed E-state index contributed by atoms with van der Waals surface area (Å²) in [6.07, 6.45) is 9.33. The highest BCUT2D eigenvalue weighted by molar-refractivity contribution is 7.89. The van der Waals surface area contributed by atoms with Crippen molar-refractivity contribution in [1.29, 1.82) is 0 Å². The molecule has 10 nitrogen and oxygen atoms in total. The molecule has 11 heteroatoms. The van der Waals surface area contributed by atoms with Crippen LogP contribution in [0.4, 0.5) is 10.5 Å². The van der Waals surface area contributed by atoms with Crippen LogP contribution in [0.2, 0.25) is 0 Å². The van der Waals surface area contributed by atoms with Crippen molar-refractivity contribution in [2.75, 3.05) is 38.5 Å². The van der Waals surface area contributed by atoms with Crippen molar-refractivity contribution in [3.8, 4) is 0 Å². The molecule has 2 aliphatic rings. The third-order valence-electron chi connectivity index (χ3n) is 7.57. The Hall–Kier alpha value is -3.44. The first-order valence-corrected chi connectivity index (χ1v) is 14.7. The van der Waals surface area contributed by atoms with Gasteiger partial charge >= 0.3 is 6.03 Å². The summed E-state index contributed by atoms with van der Waals surface area (Å²) >= 11 is 0. The molecule has 0 unspecified atom stereocenters. The smallest absolute Gasteiger partial charge is 0.318 e. The van der Waals surface area contributed by atoms with E-state index in [2.05, 4.69) is 15.7 Å². The molecule has 0 spiro atoms. The molecule has 0 radical (unpaired) electrons. The van der Waals surface area contributed by atoms with Crippen molar-refractivity contribution in [2.24, 2.45) is 0 Å². The summed E-state index contributed by atoms with van der Waals surface area (Å²) in [6.45, 7) is 2.40. The van der Waals surface area contributed by atoms with Crippen molar-refractivity contribution < 1.29 is 18.0 Å². The summed E-state index contributed by atoms with van der Waals surface area (Å²) in [4.78, 5) is 26.9. The Balaban J connectivity index is 1.27. The van der Waals surface area contributed by atoms with E-state index < -0.39 is 10.0 Å². The summed E-state index contributed by atoms with van der Waals surface area (Å²) in [5.74, 6) is 0.234. The van der Waals surface area contributed by atoms with Gasteiger partial charge in [0.1, 0.15) is 0 Å². The fraction of sp³-hybridized carbons (Fsp3) is 0.444. The third-order valence-corrected chi connectivity index (χ3v) is 9.48. The van der Waals surface area contributed by atoms with Crippen LogP contribution in [0.3, 0.4) is 0 Å². The zero-order valence-corrected chi connectivity index (χ0v) is 22.4. The molecule has 2 fully saturated rings. The average molecular weight is 539 g/mol. The molecule has 0 atom stereocenters. The second kappa shape index (κ2) is 11.1. The number of amides is 3. The standard InChI is InChI=1S/C27H34N6O4S/c1-28-27(35)30-22-6-8-23(9-7-22)38(36,37)32-15-10-20(11-16-32)21-12-17-33-25(18-21)24(19-29-33)26(34)31-13-4-2-3-5-14-31/h6-9,12,17-20H,2-5,10-11,13-16H2,1H3,(H2,28,30,35). The van der Waals surface area contributed by atoms with Crippen LogP contribution in [0.25, 0.3) is 5.52 Å². The van der Waals surface area contributed by atoms with Gasteiger partial charge in [-0.2, -0.15) is 9.40 Å². The molecule has 4 heterocycles. The molecule has 0 bridgehead atoms. The van der Waals surface area contributed by atoms with Crippen LogP contribution < -0.4 is 10.6 Å². The largest absolute Gasteiger partial charge is 0.341 e. The summed E-state index contributed by atoms with van der Waals surface area (Å²) in [6, 6.07) is 9.90. The molecule has 0 saturated carbocycles. The normalized spacial score (nSPS) is 17.8. The molecule has 3 amide bonds. The Kier molecular flexibility index (Phi) is 7.66. The number of carbonyl (C=O) groups excluding carboxylic acids is 2. The predicted molar refractivity (Wildman–Crippen MR) is 145 cm³/mol. The number of benzene rings is 1. The topological polar surface area (TPSA) is 116 Å². The van der Waals surface area contributed by atoms with Gasteiger partial charge < -0.3 is 15.5 Å². The van der Waals surface area contributed by atoms with E-state index >= 15 is 0 Å². The molecule has 3 aromatic rings. The third kappa shape index (κ3) is 5.39. The first-order valence-electron chi connectivity index (χ1n) is 13.2. The van der Waals surface area contributed by atoms with Crippen molar-refractivity contribution in [3.63, 3.8) is 0 Å². The maximum Gasteiger partial charge on any atom is 0.318 e. The number of carbonyl (C=O) groups is 2. The van der Waals surface area contributed by atoms with Gasteiger partial charge in [-0.3, -0.25) is 4.79 Å². The van der Waals surface area contributed by atoms with Crippen LogP contribution in [0.5, 0.6) is 0 Å². The van der Waals surface area contributed by atoms with Gasteiger partial charge in [-0.25, -0.2) is 17.7 Å². The Labute approximate surface area is 223 Å². The van der Waals surface area contributed by atoms with Gasteiger partial charge in [0, 0.05) is 45.1 Å². The van der Waals surface area contributed by atoms with Crippen LogP contribution in [0.15, 0.2) is 53.7 Å². The number of rotatable bonds is 5.